The fourth-order valence-electron chi connectivity index (χ4n) is 4.08. The minimum absolute atomic E-state index is 0.0956. The second kappa shape index (κ2) is 6.65. The van der Waals surface area contributed by atoms with E-state index >= 15 is 0 Å². The van der Waals surface area contributed by atoms with Crippen LogP contribution in [-0.2, 0) is 16.6 Å². The third-order valence-electron chi connectivity index (χ3n) is 5.65. The van der Waals surface area contributed by atoms with Gasteiger partial charge in [0.05, 0.1) is 24.3 Å². The van der Waals surface area contributed by atoms with Crippen molar-refractivity contribution in [1.82, 2.24) is 4.98 Å². The first-order chi connectivity index (χ1) is 13.7. The lowest BCUT2D eigenvalue weighted by Gasteiger charge is -2.33. The Balaban J connectivity index is 2.01. The lowest BCUT2D eigenvalue weighted by Crippen LogP contribution is -2.31. The molecular formula is C23H22N2O3S. The average Bonchev–Trinajstić information content (AvgIpc) is 3.10. The maximum Gasteiger partial charge on any atom is 0.195 e. The maximum absolute atomic E-state index is 13.5. The Kier molecular flexibility index (Phi) is 4.49. The van der Waals surface area contributed by atoms with Crippen LogP contribution in [0.1, 0.15) is 60.4 Å². The van der Waals surface area contributed by atoms with E-state index in [1.807, 2.05) is 26.0 Å². The van der Waals surface area contributed by atoms with E-state index in [1.165, 1.54) is 0 Å². The molecule has 5 nitrogen and oxygen atoms in total. The zero-order valence-electron chi connectivity index (χ0n) is 17.0. The van der Waals surface area contributed by atoms with Gasteiger partial charge < -0.3 is 14.3 Å². The molecule has 6 heteroatoms. The lowest BCUT2D eigenvalue weighted by atomic mass is 9.71. The molecule has 0 saturated carbocycles. The standard InChI is InChI=1S/C23H22N2O3S/c1-12(2)29(27)19-9-15-16(10-18(19)28-5)23(3,4)22-20(21(15)26)14-7-6-13(11-24)8-17(14)25-22/h6-10,12,25H,1-5H3. The third kappa shape index (κ3) is 2.77. The number of ketones is 1. The SMILES string of the molecule is COc1cc2c(cc1[S+]([O-])C(C)C)C(=O)c1c([nH]c3cc(C#N)ccc13)C2(C)C. The molecule has 1 heterocycles. The first-order valence-corrected chi connectivity index (χ1v) is 10.7. The van der Waals surface area contributed by atoms with Crippen molar-refractivity contribution in [1.29, 1.82) is 5.26 Å². The Morgan fingerprint density at radius 3 is 2.59 bits per heavy atom. The summed E-state index contributed by atoms with van der Waals surface area (Å²) in [5, 5.41) is 9.91. The van der Waals surface area contributed by atoms with Crippen LogP contribution in [0, 0.1) is 11.3 Å². The minimum atomic E-state index is -1.29. The van der Waals surface area contributed by atoms with Crippen LogP contribution in [0.5, 0.6) is 5.75 Å². The molecule has 0 aliphatic heterocycles. The molecule has 1 N–H and O–H groups in total. The monoisotopic (exact) mass is 406 g/mol. The molecule has 1 aliphatic rings. The zero-order valence-corrected chi connectivity index (χ0v) is 17.9. The number of nitriles is 1. The van der Waals surface area contributed by atoms with Gasteiger partial charge >= 0.3 is 0 Å². The second-order valence-electron chi connectivity index (χ2n) is 8.10. The number of aromatic nitrogens is 1. The smallest absolute Gasteiger partial charge is 0.195 e. The van der Waals surface area contributed by atoms with Crippen molar-refractivity contribution in [3.05, 3.63) is 58.3 Å². The molecule has 0 bridgehead atoms. The van der Waals surface area contributed by atoms with Gasteiger partial charge in [-0.3, -0.25) is 4.79 Å². The number of carbonyl (C=O) groups is 1. The van der Waals surface area contributed by atoms with E-state index in [9.17, 15) is 14.6 Å². The van der Waals surface area contributed by atoms with Crippen molar-refractivity contribution in [3.63, 3.8) is 0 Å². The van der Waals surface area contributed by atoms with E-state index in [4.69, 9.17) is 4.74 Å². The summed E-state index contributed by atoms with van der Waals surface area (Å²) in [6.45, 7) is 7.86. The highest BCUT2D eigenvalue weighted by Gasteiger charge is 2.41. The normalized spacial score (nSPS) is 15.7. The lowest BCUT2D eigenvalue weighted by molar-refractivity contribution is 0.103. The fourth-order valence-corrected chi connectivity index (χ4v) is 5.16. The summed E-state index contributed by atoms with van der Waals surface area (Å²) in [6.07, 6.45) is 0. The fraction of sp³-hybridized carbons (Fsp3) is 0.304. The number of hydrogen-bond donors (Lipinski definition) is 1. The number of rotatable bonds is 3. The van der Waals surface area contributed by atoms with Crippen LogP contribution in [0.3, 0.4) is 0 Å². The van der Waals surface area contributed by atoms with Crippen molar-refractivity contribution < 1.29 is 14.1 Å². The molecule has 2 aromatic carbocycles. The van der Waals surface area contributed by atoms with E-state index in [0.29, 0.717) is 27.3 Å². The summed E-state index contributed by atoms with van der Waals surface area (Å²) in [6, 6.07) is 11.0. The number of nitrogens with one attached hydrogen (secondary N) is 1. The number of aromatic amines is 1. The maximum atomic E-state index is 13.5. The van der Waals surface area contributed by atoms with E-state index in [1.54, 1.807) is 25.3 Å². The minimum Gasteiger partial charge on any atom is -0.611 e. The van der Waals surface area contributed by atoms with Crippen molar-refractivity contribution in [2.24, 2.45) is 0 Å². The molecule has 3 aromatic rings. The molecule has 1 aromatic heterocycles. The Bertz CT molecular complexity index is 1200. The first-order valence-electron chi connectivity index (χ1n) is 9.44. The Morgan fingerprint density at radius 2 is 1.97 bits per heavy atom. The van der Waals surface area contributed by atoms with Gasteiger partial charge in [0.25, 0.3) is 0 Å². The van der Waals surface area contributed by atoms with Crippen LogP contribution < -0.4 is 4.74 Å². The van der Waals surface area contributed by atoms with Gasteiger partial charge in [-0.1, -0.05) is 19.9 Å². The number of benzene rings is 2. The van der Waals surface area contributed by atoms with E-state index in [-0.39, 0.29) is 11.0 Å². The topological polar surface area (TPSA) is 88.9 Å². The molecule has 1 aliphatic carbocycles. The first kappa shape index (κ1) is 19.6. The van der Waals surface area contributed by atoms with Crippen molar-refractivity contribution in [2.45, 2.75) is 43.3 Å². The van der Waals surface area contributed by atoms with Crippen LogP contribution in [0.4, 0.5) is 0 Å². The highest BCUT2D eigenvalue weighted by atomic mass is 32.2. The third-order valence-corrected chi connectivity index (χ3v) is 7.26. The van der Waals surface area contributed by atoms with E-state index < -0.39 is 16.6 Å². The molecule has 1 atom stereocenters. The summed E-state index contributed by atoms with van der Waals surface area (Å²) in [7, 11) is 1.55. The van der Waals surface area contributed by atoms with Gasteiger partial charge in [0.1, 0.15) is 5.25 Å². The van der Waals surface area contributed by atoms with E-state index in [2.05, 4.69) is 24.9 Å². The Labute approximate surface area is 172 Å². The van der Waals surface area contributed by atoms with Gasteiger partial charge in [-0.25, -0.2) is 0 Å². The molecule has 0 saturated heterocycles. The Hall–Kier alpha value is -2.75. The van der Waals surface area contributed by atoms with Gasteiger partial charge in [-0.05, 0) is 48.8 Å². The number of fused-ring (bicyclic) bond motifs is 4. The number of methoxy groups -OCH3 is 1. The van der Waals surface area contributed by atoms with Crippen LogP contribution >= 0.6 is 0 Å². The van der Waals surface area contributed by atoms with Gasteiger partial charge in [0.15, 0.2) is 16.4 Å². The predicted octanol–water partition coefficient (Wildman–Crippen LogP) is 4.43. The second-order valence-corrected chi connectivity index (χ2v) is 10.1. The molecule has 0 spiro atoms. The predicted molar refractivity (Wildman–Crippen MR) is 113 cm³/mol. The molecule has 0 fully saturated rings. The average molecular weight is 407 g/mol. The summed E-state index contributed by atoms with van der Waals surface area (Å²) in [5.41, 5.74) is 3.64. The highest BCUT2D eigenvalue weighted by molar-refractivity contribution is 7.92. The Morgan fingerprint density at radius 1 is 1.24 bits per heavy atom. The van der Waals surface area contributed by atoms with Crippen LogP contribution in [0.2, 0.25) is 0 Å². The number of carbonyl (C=O) groups excluding carboxylic acids is 1. The van der Waals surface area contributed by atoms with Gasteiger partial charge in [0.2, 0.25) is 0 Å². The highest BCUT2D eigenvalue weighted by Crippen LogP contribution is 2.46. The summed E-state index contributed by atoms with van der Waals surface area (Å²) < 4.78 is 18.4. The quantitative estimate of drug-likeness (QED) is 0.652. The zero-order chi connectivity index (χ0) is 21.1. The van der Waals surface area contributed by atoms with Gasteiger partial charge in [-0.15, -0.1) is 0 Å². The largest absolute Gasteiger partial charge is 0.611 e. The van der Waals surface area contributed by atoms with Crippen LogP contribution in [-0.4, -0.2) is 27.7 Å². The van der Waals surface area contributed by atoms with Crippen molar-refractivity contribution in [2.75, 3.05) is 7.11 Å². The van der Waals surface area contributed by atoms with E-state index in [0.717, 1.165) is 22.2 Å². The molecule has 0 radical (unpaired) electrons. The number of H-pyrrole nitrogens is 1. The molecule has 4 rings (SSSR count). The van der Waals surface area contributed by atoms with Crippen LogP contribution in [0.15, 0.2) is 35.2 Å². The van der Waals surface area contributed by atoms with Crippen molar-refractivity contribution in [3.8, 4) is 11.8 Å². The molecule has 1 unspecified atom stereocenters. The summed E-state index contributed by atoms with van der Waals surface area (Å²) in [4.78, 5) is 17.5. The van der Waals surface area contributed by atoms with Gasteiger partial charge in [0, 0.05) is 33.6 Å². The number of ether oxygens (including phenoxy) is 1. The van der Waals surface area contributed by atoms with Gasteiger partial charge in [-0.2, -0.15) is 5.26 Å². The molecular weight excluding hydrogens is 384 g/mol. The molecule has 0 amide bonds. The molecule has 29 heavy (non-hydrogen) atoms. The summed E-state index contributed by atoms with van der Waals surface area (Å²) in [5.74, 6) is 0.429. The summed E-state index contributed by atoms with van der Waals surface area (Å²) >= 11 is -1.29. The number of hydrogen-bond acceptors (Lipinski definition) is 4. The van der Waals surface area contributed by atoms with Crippen LogP contribution in [0.25, 0.3) is 10.9 Å². The number of nitrogens with zero attached hydrogens (tertiary/aromatic N) is 1. The molecule has 148 valence electrons. The van der Waals surface area contributed by atoms with Crippen molar-refractivity contribution >= 4 is 27.9 Å².